The first kappa shape index (κ1) is 24.3. The standard InChI is InChI=1S/C25H28N2O5S/c1-19(23-11-7-8-12-24(23)32-3)26-25(28)18-27(17-20-9-5-4-6-10-20)33(29,30)22-15-13-21(31-2)14-16-22/h4-16,19H,17-18H2,1-3H3,(H,26,28)/t19-/m0/s1. The van der Waals surface area contributed by atoms with E-state index in [1.807, 2.05) is 61.5 Å². The van der Waals surface area contributed by atoms with Crippen molar-refractivity contribution in [1.82, 2.24) is 9.62 Å². The number of amides is 1. The van der Waals surface area contributed by atoms with Crippen molar-refractivity contribution in [2.45, 2.75) is 24.4 Å². The predicted octanol–water partition coefficient (Wildman–Crippen LogP) is 3.77. The molecule has 0 saturated carbocycles. The van der Waals surface area contributed by atoms with Crippen LogP contribution < -0.4 is 14.8 Å². The average Bonchev–Trinajstić information content (AvgIpc) is 2.84. The van der Waals surface area contributed by atoms with Gasteiger partial charge in [-0.05, 0) is 42.8 Å². The molecule has 0 saturated heterocycles. The molecule has 0 unspecified atom stereocenters. The maximum Gasteiger partial charge on any atom is 0.243 e. The first-order chi connectivity index (χ1) is 15.8. The van der Waals surface area contributed by atoms with Crippen molar-refractivity contribution in [1.29, 1.82) is 0 Å². The predicted molar refractivity (Wildman–Crippen MR) is 127 cm³/mol. The van der Waals surface area contributed by atoms with Gasteiger partial charge < -0.3 is 14.8 Å². The van der Waals surface area contributed by atoms with E-state index >= 15 is 0 Å². The summed E-state index contributed by atoms with van der Waals surface area (Å²) in [5, 5.41) is 2.88. The minimum atomic E-state index is -3.94. The van der Waals surface area contributed by atoms with Crippen LogP contribution in [0.4, 0.5) is 0 Å². The number of nitrogens with one attached hydrogen (secondary N) is 1. The van der Waals surface area contributed by atoms with Gasteiger partial charge in [0.05, 0.1) is 31.7 Å². The molecular formula is C25H28N2O5S. The molecule has 1 amide bonds. The first-order valence-corrected chi connectivity index (χ1v) is 11.9. The summed E-state index contributed by atoms with van der Waals surface area (Å²) in [4.78, 5) is 13.0. The summed E-state index contributed by atoms with van der Waals surface area (Å²) in [6, 6.07) is 22.3. The van der Waals surface area contributed by atoms with Crippen LogP contribution in [0, 0.1) is 0 Å². The van der Waals surface area contributed by atoms with Crippen LogP contribution in [0.15, 0.2) is 83.8 Å². The topological polar surface area (TPSA) is 84.9 Å². The Kier molecular flexibility index (Phi) is 8.08. The molecule has 3 aromatic rings. The van der Waals surface area contributed by atoms with Gasteiger partial charge in [0, 0.05) is 12.1 Å². The van der Waals surface area contributed by atoms with Crippen molar-refractivity contribution in [3.63, 3.8) is 0 Å². The molecule has 174 valence electrons. The van der Waals surface area contributed by atoms with Crippen LogP contribution >= 0.6 is 0 Å². The zero-order valence-corrected chi connectivity index (χ0v) is 19.7. The van der Waals surface area contributed by atoms with Crippen LogP contribution in [-0.2, 0) is 21.4 Å². The zero-order chi connectivity index (χ0) is 23.8. The van der Waals surface area contributed by atoms with Crippen LogP contribution in [-0.4, -0.2) is 39.4 Å². The highest BCUT2D eigenvalue weighted by molar-refractivity contribution is 7.89. The van der Waals surface area contributed by atoms with Gasteiger partial charge >= 0.3 is 0 Å². The molecule has 0 aliphatic rings. The summed E-state index contributed by atoms with van der Waals surface area (Å²) in [6.45, 7) is 1.56. The van der Waals surface area contributed by atoms with E-state index in [-0.39, 0.29) is 24.0 Å². The van der Waals surface area contributed by atoms with Gasteiger partial charge in [-0.1, -0.05) is 48.5 Å². The van der Waals surface area contributed by atoms with Crippen LogP contribution in [0.2, 0.25) is 0 Å². The lowest BCUT2D eigenvalue weighted by Crippen LogP contribution is -2.41. The monoisotopic (exact) mass is 468 g/mol. The quantitative estimate of drug-likeness (QED) is 0.490. The Morgan fingerprint density at radius 2 is 1.55 bits per heavy atom. The molecule has 7 nitrogen and oxygen atoms in total. The van der Waals surface area contributed by atoms with E-state index in [0.717, 1.165) is 11.1 Å². The molecule has 0 heterocycles. The van der Waals surface area contributed by atoms with Gasteiger partial charge in [0.1, 0.15) is 11.5 Å². The summed E-state index contributed by atoms with van der Waals surface area (Å²) in [7, 11) is -0.862. The minimum absolute atomic E-state index is 0.0612. The fourth-order valence-electron chi connectivity index (χ4n) is 3.46. The molecule has 3 rings (SSSR count). The van der Waals surface area contributed by atoms with E-state index < -0.39 is 15.9 Å². The molecule has 8 heteroatoms. The lowest BCUT2D eigenvalue weighted by atomic mass is 10.1. The Balaban J connectivity index is 1.83. The Hall–Kier alpha value is -3.36. The molecule has 0 aromatic heterocycles. The molecule has 1 atom stereocenters. The molecule has 0 spiro atoms. The van der Waals surface area contributed by atoms with E-state index in [0.29, 0.717) is 11.5 Å². The van der Waals surface area contributed by atoms with Crippen LogP contribution in [0.1, 0.15) is 24.1 Å². The van der Waals surface area contributed by atoms with Gasteiger partial charge in [0.2, 0.25) is 15.9 Å². The van der Waals surface area contributed by atoms with Crippen molar-refractivity contribution in [3.8, 4) is 11.5 Å². The molecule has 0 radical (unpaired) electrons. The Bertz CT molecular complexity index is 1160. The van der Waals surface area contributed by atoms with Crippen LogP contribution in [0.5, 0.6) is 11.5 Å². The Morgan fingerprint density at radius 3 is 2.18 bits per heavy atom. The summed E-state index contributed by atoms with van der Waals surface area (Å²) < 4.78 is 38.5. The third kappa shape index (κ3) is 6.12. The molecule has 0 aliphatic heterocycles. The lowest BCUT2D eigenvalue weighted by molar-refractivity contribution is -0.122. The van der Waals surface area contributed by atoms with Crippen molar-refractivity contribution in [3.05, 3.63) is 90.0 Å². The molecule has 0 bridgehead atoms. The highest BCUT2D eigenvalue weighted by Crippen LogP contribution is 2.25. The molecule has 1 N–H and O–H groups in total. The second-order valence-electron chi connectivity index (χ2n) is 7.47. The minimum Gasteiger partial charge on any atom is -0.497 e. The number of carbonyl (C=O) groups excluding carboxylic acids is 1. The number of ether oxygens (including phenoxy) is 2. The summed E-state index contributed by atoms with van der Waals surface area (Å²) in [6.07, 6.45) is 0. The second kappa shape index (κ2) is 11.0. The second-order valence-corrected chi connectivity index (χ2v) is 9.40. The largest absolute Gasteiger partial charge is 0.497 e. The van der Waals surface area contributed by atoms with Gasteiger partial charge in [-0.25, -0.2) is 8.42 Å². The van der Waals surface area contributed by atoms with E-state index in [4.69, 9.17) is 9.47 Å². The molecule has 0 fully saturated rings. The molecular weight excluding hydrogens is 440 g/mol. The number of para-hydroxylation sites is 1. The summed E-state index contributed by atoms with van der Waals surface area (Å²) >= 11 is 0. The molecule has 33 heavy (non-hydrogen) atoms. The van der Waals surface area contributed by atoms with Crippen molar-refractivity contribution in [2.75, 3.05) is 20.8 Å². The zero-order valence-electron chi connectivity index (χ0n) is 18.9. The van der Waals surface area contributed by atoms with Gasteiger partial charge in [-0.3, -0.25) is 4.79 Å². The number of methoxy groups -OCH3 is 2. The van der Waals surface area contributed by atoms with E-state index in [2.05, 4.69) is 5.32 Å². The fourth-order valence-corrected chi connectivity index (χ4v) is 4.84. The Labute approximate surface area is 195 Å². The normalized spacial score (nSPS) is 12.2. The van der Waals surface area contributed by atoms with Crippen molar-refractivity contribution >= 4 is 15.9 Å². The van der Waals surface area contributed by atoms with Gasteiger partial charge in [0.25, 0.3) is 0 Å². The maximum absolute atomic E-state index is 13.4. The maximum atomic E-state index is 13.4. The third-order valence-electron chi connectivity index (χ3n) is 5.20. The summed E-state index contributed by atoms with van der Waals surface area (Å²) in [5.74, 6) is 0.783. The number of hydrogen-bond acceptors (Lipinski definition) is 5. The number of hydrogen-bond donors (Lipinski definition) is 1. The first-order valence-electron chi connectivity index (χ1n) is 10.5. The highest BCUT2D eigenvalue weighted by atomic mass is 32.2. The van der Waals surface area contributed by atoms with E-state index in [9.17, 15) is 13.2 Å². The number of nitrogens with zero attached hydrogens (tertiary/aromatic N) is 1. The molecule has 0 aliphatic carbocycles. The average molecular weight is 469 g/mol. The SMILES string of the molecule is COc1ccc(S(=O)(=O)N(CC(=O)N[C@@H](C)c2ccccc2OC)Cc2ccccc2)cc1. The summed E-state index contributed by atoms with van der Waals surface area (Å²) in [5.41, 5.74) is 1.58. The highest BCUT2D eigenvalue weighted by Gasteiger charge is 2.28. The van der Waals surface area contributed by atoms with E-state index in [1.165, 1.54) is 23.5 Å². The third-order valence-corrected chi connectivity index (χ3v) is 7.01. The van der Waals surface area contributed by atoms with Gasteiger partial charge in [0.15, 0.2) is 0 Å². The molecule has 3 aromatic carbocycles. The van der Waals surface area contributed by atoms with Crippen molar-refractivity contribution < 1.29 is 22.7 Å². The van der Waals surface area contributed by atoms with Gasteiger partial charge in [-0.2, -0.15) is 4.31 Å². The van der Waals surface area contributed by atoms with Crippen LogP contribution in [0.25, 0.3) is 0 Å². The number of benzene rings is 3. The number of sulfonamides is 1. The lowest BCUT2D eigenvalue weighted by Gasteiger charge is -2.24. The van der Waals surface area contributed by atoms with Crippen molar-refractivity contribution in [2.24, 2.45) is 0 Å². The fraction of sp³-hybridized carbons (Fsp3) is 0.240. The number of rotatable bonds is 10. The van der Waals surface area contributed by atoms with Crippen LogP contribution in [0.3, 0.4) is 0 Å². The van der Waals surface area contributed by atoms with E-state index in [1.54, 1.807) is 19.2 Å². The Morgan fingerprint density at radius 1 is 0.909 bits per heavy atom. The number of carbonyl (C=O) groups is 1. The smallest absolute Gasteiger partial charge is 0.243 e. The van der Waals surface area contributed by atoms with Gasteiger partial charge in [-0.15, -0.1) is 0 Å².